The van der Waals surface area contributed by atoms with Crippen molar-refractivity contribution in [2.24, 2.45) is 0 Å². The van der Waals surface area contributed by atoms with E-state index in [-0.39, 0.29) is 17.1 Å². The minimum absolute atomic E-state index is 0.139. The van der Waals surface area contributed by atoms with E-state index in [0.717, 1.165) is 29.5 Å². The Hall–Kier alpha value is -3.28. The lowest BCUT2D eigenvalue weighted by Gasteiger charge is -2.25. The minimum atomic E-state index is -0.534. The molecule has 3 aromatic rings. The highest BCUT2D eigenvalue weighted by Gasteiger charge is 2.42. The minimum Gasteiger partial charge on any atom is -0.490 e. The molecule has 0 N–H and O–H groups in total. The Morgan fingerprint density at radius 1 is 0.970 bits per heavy atom. The molecular formula is C27H31NO5. The first-order valence-corrected chi connectivity index (χ1v) is 11.7. The number of ether oxygens (including phenoxy) is 2. The summed E-state index contributed by atoms with van der Waals surface area (Å²) < 4.78 is 17.8. The van der Waals surface area contributed by atoms with Gasteiger partial charge in [0.2, 0.25) is 5.76 Å². The van der Waals surface area contributed by atoms with Crippen LogP contribution in [0.2, 0.25) is 0 Å². The lowest BCUT2D eigenvalue weighted by atomic mass is 9.96. The second-order valence-corrected chi connectivity index (χ2v) is 8.52. The third kappa shape index (κ3) is 3.99. The maximum absolute atomic E-state index is 13.8. The Morgan fingerprint density at radius 2 is 1.76 bits per heavy atom. The Kier molecular flexibility index (Phi) is 6.45. The molecule has 0 bridgehead atoms. The van der Waals surface area contributed by atoms with Crippen LogP contribution in [0.4, 0.5) is 0 Å². The van der Waals surface area contributed by atoms with Gasteiger partial charge in [-0.1, -0.05) is 26.0 Å². The Labute approximate surface area is 194 Å². The second-order valence-electron chi connectivity index (χ2n) is 8.52. The van der Waals surface area contributed by atoms with Crippen molar-refractivity contribution < 1.29 is 18.7 Å². The molecule has 0 saturated carbocycles. The van der Waals surface area contributed by atoms with Crippen LogP contribution in [0.25, 0.3) is 11.0 Å². The molecule has 1 aliphatic rings. The molecule has 1 aromatic heterocycles. The summed E-state index contributed by atoms with van der Waals surface area (Å²) in [5, 5.41) is 0.531. The van der Waals surface area contributed by atoms with E-state index in [0.29, 0.717) is 47.8 Å². The first-order valence-electron chi connectivity index (χ1n) is 11.7. The third-order valence-corrected chi connectivity index (χ3v) is 5.92. The van der Waals surface area contributed by atoms with Gasteiger partial charge < -0.3 is 18.8 Å². The molecule has 0 aliphatic carbocycles. The van der Waals surface area contributed by atoms with Crippen LogP contribution in [0.3, 0.4) is 0 Å². The number of rotatable bonds is 8. The number of nitrogens with zero attached hydrogens (tertiary/aromatic N) is 1. The van der Waals surface area contributed by atoms with Crippen molar-refractivity contribution in [1.29, 1.82) is 0 Å². The van der Waals surface area contributed by atoms with Crippen LogP contribution >= 0.6 is 0 Å². The average Bonchev–Trinajstić information content (AvgIpc) is 3.05. The summed E-state index contributed by atoms with van der Waals surface area (Å²) in [4.78, 5) is 28.9. The summed E-state index contributed by atoms with van der Waals surface area (Å²) in [7, 11) is 0. The van der Waals surface area contributed by atoms with Gasteiger partial charge in [0.15, 0.2) is 16.9 Å². The van der Waals surface area contributed by atoms with Gasteiger partial charge in [0, 0.05) is 6.54 Å². The zero-order valence-corrected chi connectivity index (χ0v) is 20.0. The molecule has 4 rings (SSSR count). The molecule has 1 unspecified atom stereocenters. The lowest BCUT2D eigenvalue weighted by Crippen LogP contribution is -2.30. The molecule has 0 radical (unpaired) electrons. The number of hydrogen-bond acceptors (Lipinski definition) is 5. The quantitative estimate of drug-likeness (QED) is 0.451. The van der Waals surface area contributed by atoms with E-state index < -0.39 is 6.04 Å². The number of fused-ring (bicyclic) bond motifs is 2. The van der Waals surface area contributed by atoms with Crippen molar-refractivity contribution >= 4 is 16.9 Å². The highest BCUT2D eigenvalue weighted by molar-refractivity contribution is 5.99. The van der Waals surface area contributed by atoms with Gasteiger partial charge in [-0.15, -0.1) is 0 Å². The Balaban J connectivity index is 1.93. The number of benzene rings is 2. The van der Waals surface area contributed by atoms with Gasteiger partial charge in [-0.05, 0) is 68.5 Å². The molecule has 33 heavy (non-hydrogen) atoms. The molecule has 1 atom stereocenters. The number of aryl methyl sites for hydroxylation is 2. The van der Waals surface area contributed by atoms with E-state index in [4.69, 9.17) is 13.9 Å². The van der Waals surface area contributed by atoms with Gasteiger partial charge >= 0.3 is 0 Å². The summed E-state index contributed by atoms with van der Waals surface area (Å²) >= 11 is 0. The summed E-state index contributed by atoms with van der Waals surface area (Å²) in [6, 6.07) is 8.91. The second kappa shape index (κ2) is 9.30. The summed E-state index contributed by atoms with van der Waals surface area (Å²) in [6.07, 6.45) is 1.65. The maximum atomic E-state index is 13.8. The molecule has 1 amide bonds. The van der Waals surface area contributed by atoms with E-state index >= 15 is 0 Å². The first-order chi connectivity index (χ1) is 15.9. The van der Waals surface area contributed by atoms with E-state index in [1.807, 2.05) is 65.0 Å². The predicted molar refractivity (Wildman–Crippen MR) is 129 cm³/mol. The van der Waals surface area contributed by atoms with E-state index in [9.17, 15) is 9.59 Å². The largest absolute Gasteiger partial charge is 0.490 e. The fourth-order valence-electron chi connectivity index (χ4n) is 4.63. The standard InChI is InChI=1S/C27H31NO5/c1-6-11-28-24(18-9-10-19(32-12-7-2)20(15-18)31-8-3)23-25(29)22-17(5)13-16(4)14-21(22)33-26(23)27(28)30/h9-10,13-15,24H,6-8,11-12H2,1-5H3. The van der Waals surface area contributed by atoms with Crippen molar-refractivity contribution in [1.82, 2.24) is 4.90 Å². The fraction of sp³-hybridized carbons (Fsp3) is 0.407. The van der Waals surface area contributed by atoms with Crippen LogP contribution in [0.1, 0.15) is 72.5 Å². The average molecular weight is 450 g/mol. The number of carbonyl (C=O) groups excluding carboxylic acids is 1. The number of amides is 1. The molecular weight excluding hydrogens is 418 g/mol. The lowest BCUT2D eigenvalue weighted by molar-refractivity contribution is 0.0728. The SMILES string of the molecule is CCCOc1ccc(C2c3c(oc4cc(C)cc(C)c4c3=O)C(=O)N2CCC)cc1OCC. The van der Waals surface area contributed by atoms with Gasteiger partial charge in [0.25, 0.3) is 5.91 Å². The van der Waals surface area contributed by atoms with Gasteiger partial charge in [0.05, 0.1) is 30.2 Å². The van der Waals surface area contributed by atoms with Crippen LogP contribution < -0.4 is 14.9 Å². The first kappa shape index (κ1) is 22.9. The summed E-state index contributed by atoms with van der Waals surface area (Å²) in [5.41, 5.74) is 3.35. The van der Waals surface area contributed by atoms with Crippen molar-refractivity contribution in [3.63, 3.8) is 0 Å². The van der Waals surface area contributed by atoms with Crippen molar-refractivity contribution in [3.05, 3.63) is 68.6 Å². The predicted octanol–water partition coefficient (Wildman–Crippen LogP) is 5.55. The van der Waals surface area contributed by atoms with Gasteiger partial charge in [0.1, 0.15) is 5.58 Å². The molecule has 6 heteroatoms. The zero-order chi connectivity index (χ0) is 23.7. The van der Waals surface area contributed by atoms with Crippen LogP contribution in [0.5, 0.6) is 11.5 Å². The molecule has 2 heterocycles. The van der Waals surface area contributed by atoms with Crippen molar-refractivity contribution in [2.75, 3.05) is 19.8 Å². The molecule has 0 fully saturated rings. The van der Waals surface area contributed by atoms with Crippen molar-refractivity contribution in [2.45, 2.75) is 53.5 Å². The molecule has 6 nitrogen and oxygen atoms in total. The zero-order valence-electron chi connectivity index (χ0n) is 20.0. The molecule has 2 aromatic carbocycles. The molecule has 0 spiro atoms. The number of carbonyl (C=O) groups is 1. The summed E-state index contributed by atoms with van der Waals surface area (Å²) in [6.45, 7) is 11.4. The van der Waals surface area contributed by atoms with Crippen LogP contribution in [-0.4, -0.2) is 30.6 Å². The van der Waals surface area contributed by atoms with E-state index in [2.05, 4.69) is 0 Å². The normalized spacial score (nSPS) is 15.2. The van der Waals surface area contributed by atoms with Crippen LogP contribution in [0, 0.1) is 13.8 Å². The van der Waals surface area contributed by atoms with Crippen LogP contribution in [0.15, 0.2) is 39.5 Å². The maximum Gasteiger partial charge on any atom is 0.290 e. The Bertz CT molecular complexity index is 1260. The van der Waals surface area contributed by atoms with Gasteiger partial charge in [-0.3, -0.25) is 9.59 Å². The van der Waals surface area contributed by atoms with Crippen LogP contribution in [-0.2, 0) is 0 Å². The monoisotopic (exact) mass is 449 g/mol. The van der Waals surface area contributed by atoms with E-state index in [1.54, 1.807) is 4.90 Å². The highest BCUT2D eigenvalue weighted by atomic mass is 16.5. The van der Waals surface area contributed by atoms with Gasteiger partial charge in [-0.25, -0.2) is 0 Å². The van der Waals surface area contributed by atoms with Gasteiger partial charge in [-0.2, -0.15) is 0 Å². The fourth-order valence-corrected chi connectivity index (χ4v) is 4.63. The molecule has 1 aliphatic heterocycles. The Morgan fingerprint density at radius 3 is 2.45 bits per heavy atom. The topological polar surface area (TPSA) is 69.0 Å². The molecule has 174 valence electrons. The highest BCUT2D eigenvalue weighted by Crippen LogP contribution is 2.41. The third-order valence-electron chi connectivity index (χ3n) is 5.92. The summed E-state index contributed by atoms with van der Waals surface area (Å²) in [5.74, 6) is 1.16. The smallest absolute Gasteiger partial charge is 0.290 e. The number of hydrogen-bond donors (Lipinski definition) is 0. The van der Waals surface area contributed by atoms with E-state index in [1.165, 1.54) is 0 Å². The van der Waals surface area contributed by atoms with Crippen molar-refractivity contribution in [3.8, 4) is 11.5 Å². The molecule has 0 saturated heterocycles.